The Morgan fingerprint density at radius 2 is 1.85 bits per heavy atom. The van der Waals surface area contributed by atoms with Gasteiger partial charge in [-0.1, -0.05) is 44.9 Å². The number of rotatable bonds is 4. The fourth-order valence-corrected chi connectivity index (χ4v) is 3.96. The molecule has 1 fully saturated rings. The van der Waals surface area contributed by atoms with Gasteiger partial charge in [-0.15, -0.1) is 0 Å². The molecule has 0 spiro atoms. The molecule has 0 aliphatic heterocycles. The van der Waals surface area contributed by atoms with E-state index < -0.39 is 11.1 Å². The molecular weight excluding hydrogens is 268 g/mol. The molecule has 1 aromatic carbocycles. The molecule has 1 unspecified atom stereocenters. The van der Waals surface area contributed by atoms with Gasteiger partial charge in [0.1, 0.15) is 0 Å². The van der Waals surface area contributed by atoms with Crippen LogP contribution < -0.4 is 0 Å². The molecule has 0 radical (unpaired) electrons. The standard InChI is InChI=1S/C17H26O2S/c1-12(2)16-10-7-14(4)11-17(16)19-20(18)15-8-5-13(3)6-9-15/h5-6,8-9,12,14,16-17H,7,10-11H2,1-4H3/t14?,16-,17+,20-/m0/s1. The zero-order valence-electron chi connectivity index (χ0n) is 13.0. The zero-order chi connectivity index (χ0) is 14.7. The Bertz CT molecular complexity index is 453. The summed E-state index contributed by atoms with van der Waals surface area (Å²) in [5, 5.41) is 0. The molecule has 112 valence electrons. The van der Waals surface area contributed by atoms with E-state index in [0.717, 1.165) is 11.3 Å². The third-order valence-electron chi connectivity index (χ3n) is 4.39. The maximum Gasteiger partial charge on any atom is 0.189 e. The maximum absolute atomic E-state index is 12.4. The van der Waals surface area contributed by atoms with Crippen molar-refractivity contribution in [1.29, 1.82) is 0 Å². The van der Waals surface area contributed by atoms with Gasteiger partial charge in [-0.05, 0) is 49.7 Å². The molecule has 1 aromatic rings. The van der Waals surface area contributed by atoms with Crippen LogP contribution in [0.5, 0.6) is 0 Å². The smallest absolute Gasteiger partial charge is 0.189 e. The molecule has 0 bridgehead atoms. The van der Waals surface area contributed by atoms with Crippen LogP contribution in [0, 0.1) is 24.7 Å². The number of benzene rings is 1. The van der Waals surface area contributed by atoms with Crippen molar-refractivity contribution in [3.63, 3.8) is 0 Å². The van der Waals surface area contributed by atoms with Crippen LogP contribution in [-0.2, 0) is 15.3 Å². The minimum absolute atomic E-state index is 0.126. The van der Waals surface area contributed by atoms with Crippen molar-refractivity contribution in [2.24, 2.45) is 17.8 Å². The molecule has 0 heterocycles. The largest absolute Gasteiger partial charge is 0.283 e. The van der Waals surface area contributed by atoms with E-state index in [1.807, 2.05) is 31.2 Å². The Kier molecular flexibility index (Phi) is 5.39. The van der Waals surface area contributed by atoms with Gasteiger partial charge in [-0.3, -0.25) is 4.18 Å². The van der Waals surface area contributed by atoms with Gasteiger partial charge < -0.3 is 0 Å². The molecule has 0 aromatic heterocycles. The maximum atomic E-state index is 12.4. The van der Waals surface area contributed by atoms with Crippen LogP contribution in [0.15, 0.2) is 29.2 Å². The first-order chi connectivity index (χ1) is 9.47. The van der Waals surface area contributed by atoms with Crippen LogP contribution in [0.4, 0.5) is 0 Å². The van der Waals surface area contributed by atoms with Gasteiger partial charge in [0, 0.05) is 0 Å². The van der Waals surface area contributed by atoms with Gasteiger partial charge in [0.05, 0.1) is 11.0 Å². The predicted octanol–water partition coefficient (Wildman–Crippen LogP) is 4.50. The van der Waals surface area contributed by atoms with Gasteiger partial charge in [-0.2, -0.15) is 0 Å². The second-order valence-corrected chi connectivity index (χ2v) is 7.64. The van der Waals surface area contributed by atoms with Crippen molar-refractivity contribution in [3.8, 4) is 0 Å². The van der Waals surface area contributed by atoms with E-state index in [-0.39, 0.29) is 6.10 Å². The van der Waals surface area contributed by atoms with E-state index in [2.05, 4.69) is 20.8 Å². The second kappa shape index (κ2) is 6.86. The highest BCUT2D eigenvalue weighted by Gasteiger charge is 2.33. The Morgan fingerprint density at radius 1 is 1.20 bits per heavy atom. The Balaban J connectivity index is 2.05. The van der Waals surface area contributed by atoms with E-state index in [0.29, 0.717) is 17.8 Å². The Hall–Kier alpha value is -0.670. The van der Waals surface area contributed by atoms with E-state index in [1.54, 1.807) is 0 Å². The average Bonchev–Trinajstić information content (AvgIpc) is 2.39. The van der Waals surface area contributed by atoms with E-state index in [4.69, 9.17) is 4.18 Å². The van der Waals surface area contributed by atoms with Crippen LogP contribution in [-0.4, -0.2) is 10.3 Å². The molecular formula is C17H26O2S. The molecule has 0 amide bonds. The van der Waals surface area contributed by atoms with Gasteiger partial charge in [-0.25, -0.2) is 4.21 Å². The topological polar surface area (TPSA) is 26.3 Å². The molecule has 4 atom stereocenters. The fourth-order valence-electron chi connectivity index (χ4n) is 3.04. The third kappa shape index (κ3) is 3.92. The Labute approximate surface area is 125 Å². The molecule has 1 saturated carbocycles. The lowest BCUT2D eigenvalue weighted by Gasteiger charge is -2.36. The highest BCUT2D eigenvalue weighted by Crippen LogP contribution is 2.36. The summed E-state index contributed by atoms with van der Waals surface area (Å²) in [5.74, 6) is 1.79. The summed E-state index contributed by atoms with van der Waals surface area (Å²) in [4.78, 5) is 0.774. The second-order valence-electron chi connectivity index (χ2n) is 6.51. The van der Waals surface area contributed by atoms with Crippen LogP contribution in [0.1, 0.15) is 45.6 Å². The number of hydrogen-bond acceptors (Lipinski definition) is 2. The number of hydrogen-bond donors (Lipinski definition) is 0. The lowest BCUT2D eigenvalue weighted by molar-refractivity contribution is 0.0567. The summed E-state index contributed by atoms with van der Waals surface area (Å²) >= 11 is -1.34. The van der Waals surface area contributed by atoms with Gasteiger partial charge in [0.2, 0.25) is 0 Å². The molecule has 2 rings (SSSR count). The monoisotopic (exact) mass is 294 g/mol. The minimum Gasteiger partial charge on any atom is -0.283 e. The highest BCUT2D eigenvalue weighted by atomic mass is 32.2. The normalized spacial score (nSPS) is 28.6. The predicted molar refractivity (Wildman–Crippen MR) is 83.8 cm³/mol. The summed E-state index contributed by atoms with van der Waals surface area (Å²) in [7, 11) is 0. The van der Waals surface area contributed by atoms with E-state index >= 15 is 0 Å². The van der Waals surface area contributed by atoms with Crippen molar-refractivity contribution >= 4 is 11.1 Å². The molecule has 0 saturated heterocycles. The van der Waals surface area contributed by atoms with Crippen molar-refractivity contribution in [3.05, 3.63) is 29.8 Å². The highest BCUT2D eigenvalue weighted by molar-refractivity contribution is 7.80. The summed E-state index contributed by atoms with van der Waals surface area (Å²) in [5.41, 5.74) is 1.18. The van der Waals surface area contributed by atoms with E-state index in [1.165, 1.54) is 18.4 Å². The van der Waals surface area contributed by atoms with Crippen LogP contribution in [0.3, 0.4) is 0 Å². The molecule has 0 N–H and O–H groups in total. The summed E-state index contributed by atoms with van der Waals surface area (Å²) < 4.78 is 18.3. The minimum atomic E-state index is -1.34. The summed E-state index contributed by atoms with van der Waals surface area (Å²) in [6.45, 7) is 8.78. The molecule has 1 aliphatic carbocycles. The quantitative estimate of drug-likeness (QED) is 0.817. The Morgan fingerprint density at radius 3 is 2.45 bits per heavy atom. The molecule has 2 nitrogen and oxygen atoms in total. The van der Waals surface area contributed by atoms with Crippen LogP contribution >= 0.6 is 0 Å². The van der Waals surface area contributed by atoms with Gasteiger partial charge in [0.15, 0.2) is 11.1 Å². The van der Waals surface area contributed by atoms with Crippen molar-refractivity contribution in [1.82, 2.24) is 0 Å². The summed E-state index contributed by atoms with van der Waals surface area (Å²) in [6.07, 6.45) is 3.61. The van der Waals surface area contributed by atoms with Crippen molar-refractivity contribution in [2.45, 2.75) is 58.0 Å². The first-order valence-electron chi connectivity index (χ1n) is 7.63. The zero-order valence-corrected chi connectivity index (χ0v) is 13.8. The SMILES string of the molecule is Cc1ccc([S@@](=O)O[C@@H]2CC(C)CC[C@H]2C(C)C)cc1. The lowest BCUT2D eigenvalue weighted by atomic mass is 9.75. The van der Waals surface area contributed by atoms with Crippen molar-refractivity contribution in [2.75, 3.05) is 0 Å². The first-order valence-corrected chi connectivity index (χ1v) is 8.70. The third-order valence-corrected chi connectivity index (χ3v) is 5.46. The molecule has 1 aliphatic rings. The lowest BCUT2D eigenvalue weighted by Crippen LogP contribution is -2.34. The van der Waals surface area contributed by atoms with E-state index in [9.17, 15) is 4.21 Å². The molecule has 20 heavy (non-hydrogen) atoms. The van der Waals surface area contributed by atoms with Crippen LogP contribution in [0.25, 0.3) is 0 Å². The molecule has 3 heteroatoms. The number of aryl methyl sites for hydroxylation is 1. The van der Waals surface area contributed by atoms with Crippen LogP contribution in [0.2, 0.25) is 0 Å². The van der Waals surface area contributed by atoms with Crippen molar-refractivity contribution < 1.29 is 8.39 Å². The summed E-state index contributed by atoms with van der Waals surface area (Å²) in [6, 6.07) is 7.78. The fraction of sp³-hybridized carbons (Fsp3) is 0.647. The van der Waals surface area contributed by atoms with Gasteiger partial charge >= 0.3 is 0 Å². The van der Waals surface area contributed by atoms with Gasteiger partial charge in [0.25, 0.3) is 0 Å². The first kappa shape index (κ1) is 15.7. The average molecular weight is 294 g/mol.